The number of rotatable bonds is 6. The second kappa shape index (κ2) is 8.96. The van der Waals surface area contributed by atoms with E-state index in [1.807, 2.05) is 6.08 Å². The standard InChI is InChI=1S/C14H22O2/c1-5-7-14(15)16-11-10-13(4)9-6-8-12(2)3/h5,7-8,10H,6,9,11H2,1-4H3/b7-5?,13-10+. The van der Waals surface area contributed by atoms with Crippen molar-refractivity contribution in [2.75, 3.05) is 6.61 Å². The minimum absolute atomic E-state index is 0.282. The number of esters is 1. The number of ether oxygens (including phenoxy) is 1. The molecule has 0 N–H and O–H groups in total. The number of carbonyl (C=O) groups excluding carboxylic acids is 1. The molecule has 2 heteroatoms. The monoisotopic (exact) mass is 222 g/mol. The van der Waals surface area contributed by atoms with Crippen molar-refractivity contribution in [3.63, 3.8) is 0 Å². The summed E-state index contributed by atoms with van der Waals surface area (Å²) in [5.41, 5.74) is 2.60. The van der Waals surface area contributed by atoms with Crippen LogP contribution in [0.15, 0.2) is 35.5 Å². The molecule has 90 valence electrons. The van der Waals surface area contributed by atoms with Gasteiger partial charge in [0.15, 0.2) is 0 Å². The number of hydrogen-bond donors (Lipinski definition) is 0. The highest BCUT2D eigenvalue weighted by Gasteiger charge is 1.94. The largest absolute Gasteiger partial charge is 0.458 e. The Morgan fingerprint density at radius 2 is 1.88 bits per heavy atom. The van der Waals surface area contributed by atoms with Crippen molar-refractivity contribution < 1.29 is 9.53 Å². The molecular formula is C14H22O2. The van der Waals surface area contributed by atoms with E-state index >= 15 is 0 Å². The van der Waals surface area contributed by atoms with Gasteiger partial charge in [0.1, 0.15) is 6.61 Å². The van der Waals surface area contributed by atoms with Gasteiger partial charge in [-0.1, -0.05) is 23.3 Å². The molecule has 2 nitrogen and oxygen atoms in total. The van der Waals surface area contributed by atoms with E-state index in [2.05, 4.69) is 26.8 Å². The molecule has 0 aliphatic heterocycles. The summed E-state index contributed by atoms with van der Waals surface area (Å²) in [6, 6.07) is 0. The molecule has 0 radical (unpaired) electrons. The second-order valence-electron chi connectivity index (χ2n) is 4.00. The maximum absolute atomic E-state index is 11.0. The molecule has 0 spiro atoms. The molecule has 0 saturated heterocycles. The van der Waals surface area contributed by atoms with Crippen molar-refractivity contribution in [3.05, 3.63) is 35.5 Å². The van der Waals surface area contributed by atoms with Crippen molar-refractivity contribution in [3.8, 4) is 0 Å². The average Bonchev–Trinajstić information content (AvgIpc) is 2.17. The molecule has 16 heavy (non-hydrogen) atoms. The van der Waals surface area contributed by atoms with Crippen LogP contribution in [0.5, 0.6) is 0 Å². The maximum Gasteiger partial charge on any atom is 0.330 e. The van der Waals surface area contributed by atoms with Gasteiger partial charge < -0.3 is 4.74 Å². The van der Waals surface area contributed by atoms with Gasteiger partial charge in [0, 0.05) is 6.08 Å². The van der Waals surface area contributed by atoms with Crippen molar-refractivity contribution in [1.82, 2.24) is 0 Å². The molecule has 0 bridgehead atoms. The lowest BCUT2D eigenvalue weighted by Gasteiger charge is -2.00. The SMILES string of the molecule is CC=CC(=O)OC/C=C(\C)CCC=C(C)C. The fraction of sp³-hybridized carbons (Fsp3) is 0.500. The summed E-state index contributed by atoms with van der Waals surface area (Å²) >= 11 is 0. The zero-order chi connectivity index (χ0) is 12.4. The first kappa shape index (κ1) is 14.7. The van der Waals surface area contributed by atoms with Crippen LogP contribution in [0.3, 0.4) is 0 Å². The molecule has 0 aliphatic carbocycles. The Labute approximate surface area is 98.7 Å². The third kappa shape index (κ3) is 9.25. The Morgan fingerprint density at radius 3 is 2.44 bits per heavy atom. The van der Waals surface area contributed by atoms with Crippen LogP contribution in [-0.4, -0.2) is 12.6 Å². The van der Waals surface area contributed by atoms with Crippen molar-refractivity contribution in [2.45, 2.75) is 40.5 Å². The van der Waals surface area contributed by atoms with Gasteiger partial charge in [-0.25, -0.2) is 4.79 Å². The molecule has 0 heterocycles. The van der Waals surface area contributed by atoms with Gasteiger partial charge in [0.25, 0.3) is 0 Å². The highest BCUT2D eigenvalue weighted by molar-refractivity contribution is 5.81. The number of allylic oxidation sites excluding steroid dienone is 4. The average molecular weight is 222 g/mol. The first-order chi connectivity index (χ1) is 7.56. The van der Waals surface area contributed by atoms with Crippen LogP contribution in [0.1, 0.15) is 40.5 Å². The predicted octanol–water partition coefficient (Wildman–Crippen LogP) is 3.80. The van der Waals surface area contributed by atoms with Gasteiger partial charge in [0.2, 0.25) is 0 Å². The van der Waals surface area contributed by atoms with E-state index in [1.54, 1.807) is 13.0 Å². The van der Waals surface area contributed by atoms with Gasteiger partial charge in [-0.15, -0.1) is 0 Å². The maximum atomic E-state index is 11.0. The summed E-state index contributed by atoms with van der Waals surface area (Å²) in [5.74, 6) is -0.282. The first-order valence-corrected chi connectivity index (χ1v) is 5.64. The van der Waals surface area contributed by atoms with Gasteiger partial charge in [-0.3, -0.25) is 0 Å². The summed E-state index contributed by atoms with van der Waals surface area (Å²) in [4.78, 5) is 11.0. The highest BCUT2D eigenvalue weighted by Crippen LogP contribution is 2.06. The topological polar surface area (TPSA) is 26.3 Å². The van der Waals surface area contributed by atoms with E-state index in [1.165, 1.54) is 17.2 Å². The number of carbonyl (C=O) groups is 1. The van der Waals surface area contributed by atoms with Crippen LogP contribution >= 0.6 is 0 Å². The van der Waals surface area contributed by atoms with Crippen molar-refractivity contribution >= 4 is 5.97 Å². The molecule has 0 saturated carbocycles. The molecular weight excluding hydrogens is 200 g/mol. The van der Waals surface area contributed by atoms with E-state index < -0.39 is 0 Å². The lowest BCUT2D eigenvalue weighted by Crippen LogP contribution is -2.00. The minimum Gasteiger partial charge on any atom is -0.458 e. The molecule has 0 aromatic carbocycles. The van der Waals surface area contributed by atoms with Crippen molar-refractivity contribution in [2.24, 2.45) is 0 Å². The van der Waals surface area contributed by atoms with Crippen LogP contribution in [0, 0.1) is 0 Å². The van der Waals surface area contributed by atoms with E-state index in [0.717, 1.165) is 12.8 Å². The highest BCUT2D eigenvalue weighted by atomic mass is 16.5. The third-order valence-corrected chi connectivity index (χ3v) is 2.05. The first-order valence-electron chi connectivity index (χ1n) is 5.64. The molecule has 0 aliphatic rings. The molecule has 0 aromatic heterocycles. The fourth-order valence-corrected chi connectivity index (χ4v) is 1.14. The lowest BCUT2D eigenvalue weighted by molar-refractivity contribution is -0.136. The van der Waals surface area contributed by atoms with Gasteiger partial charge in [-0.2, -0.15) is 0 Å². The van der Waals surface area contributed by atoms with Gasteiger partial charge >= 0.3 is 5.97 Å². The summed E-state index contributed by atoms with van der Waals surface area (Å²) in [7, 11) is 0. The van der Waals surface area contributed by atoms with E-state index in [4.69, 9.17) is 4.74 Å². The molecule has 0 unspecified atom stereocenters. The summed E-state index contributed by atoms with van der Waals surface area (Å²) in [6.45, 7) is 8.41. The van der Waals surface area contributed by atoms with E-state index in [-0.39, 0.29) is 5.97 Å². The Balaban J connectivity index is 3.79. The molecule has 0 atom stereocenters. The molecule has 0 rings (SSSR count). The normalized spacial score (nSPS) is 11.6. The molecule has 0 amide bonds. The third-order valence-electron chi connectivity index (χ3n) is 2.05. The van der Waals surface area contributed by atoms with Crippen LogP contribution in [0.25, 0.3) is 0 Å². The molecule has 0 fully saturated rings. The summed E-state index contributed by atoms with van der Waals surface area (Å²) in [5, 5.41) is 0. The summed E-state index contributed by atoms with van der Waals surface area (Å²) in [6.07, 6.45) is 9.34. The van der Waals surface area contributed by atoms with Crippen LogP contribution in [0.4, 0.5) is 0 Å². The van der Waals surface area contributed by atoms with Crippen LogP contribution in [-0.2, 0) is 9.53 Å². The second-order valence-corrected chi connectivity index (χ2v) is 4.00. The van der Waals surface area contributed by atoms with Gasteiger partial charge in [0.05, 0.1) is 0 Å². The number of hydrogen-bond acceptors (Lipinski definition) is 2. The Bertz CT molecular complexity index is 292. The van der Waals surface area contributed by atoms with Crippen LogP contribution in [0.2, 0.25) is 0 Å². The molecule has 0 aromatic rings. The minimum atomic E-state index is -0.282. The zero-order valence-electron chi connectivity index (χ0n) is 10.7. The van der Waals surface area contributed by atoms with E-state index in [9.17, 15) is 4.79 Å². The fourth-order valence-electron chi connectivity index (χ4n) is 1.14. The Kier molecular flexibility index (Phi) is 8.22. The Hall–Kier alpha value is -1.31. The smallest absolute Gasteiger partial charge is 0.330 e. The predicted molar refractivity (Wildman–Crippen MR) is 68.2 cm³/mol. The van der Waals surface area contributed by atoms with E-state index in [0.29, 0.717) is 6.61 Å². The Morgan fingerprint density at radius 1 is 1.19 bits per heavy atom. The van der Waals surface area contributed by atoms with Crippen molar-refractivity contribution in [1.29, 1.82) is 0 Å². The zero-order valence-corrected chi connectivity index (χ0v) is 10.7. The quantitative estimate of drug-likeness (QED) is 0.388. The lowest BCUT2D eigenvalue weighted by atomic mass is 10.1. The van der Waals surface area contributed by atoms with Crippen LogP contribution < -0.4 is 0 Å². The summed E-state index contributed by atoms with van der Waals surface area (Å²) < 4.78 is 4.96. The van der Waals surface area contributed by atoms with Gasteiger partial charge in [-0.05, 0) is 46.6 Å².